The zero-order chi connectivity index (χ0) is 9.84. The molecule has 0 aliphatic heterocycles. The lowest BCUT2D eigenvalue weighted by Gasteiger charge is -2.07. The number of primary amides is 1. The Bertz CT molecular complexity index is 294. The monoisotopic (exact) mass is 182 g/mol. The predicted octanol–water partition coefficient (Wildman–Crippen LogP) is -0.0466. The number of rotatable bonds is 4. The largest absolute Gasteiger partial charge is 0.369 e. The molecule has 0 bridgehead atoms. The van der Waals surface area contributed by atoms with Crippen LogP contribution in [-0.4, -0.2) is 22.2 Å². The van der Waals surface area contributed by atoms with Gasteiger partial charge in [0.15, 0.2) is 0 Å². The summed E-state index contributed by atoms with van der Waals surface area (Å²) in [5.74, 6) is 0.279. The molecule has 1 aromatic heterocycles. The third-order valence-corrected chi connectivity index (χ3v) is 1.79. The SMILES string of the molecule is CC(CNc1ccn(C)n1)C(N)=O. The zero-order valence-electron chi connectivity index (χ0n) is 7.82. The fraction of sp³-hybridized carbons (Fsp3) is 0.500. The summed E-state index contributed by atoms with van der Waals surface area (Å²) in [4.78, 5) is 10.7. The Kier molecular flexibility index (Phi) is 2.89. The van der Waals surface area contributed by atoms with E-state index in [4.69, 9.17) is 5.73 Å². The number of carbonyl (C=O) groups is 1. The number of hydrogen-bond acceptors (Lipinski definition) is 3. The van der Waals surface area contributed by atoms with Crippen LogP contribution < -0.4 is 11.1 Å². The van der Waals surface area contributed by atoms with Gasteiger partial charge in [-0.25, -0.2) is 0 Å². The van der Waals surface area contributed by atoms with E-state index in [-0.39, 0.29) is 11.8 Å². The Morgan fingerprint density at radius 3 is 3.00 bits per heavy atom. The number of nitrogens with one attached hydrogen (secondary N) is 1. The Morgan fingerprint density at radius 1 is 1.85 bits per heavy atom. The van der Waals surface area contributed by atoms with Gasteiger partial charge in [0.1, 0.15) is 5.82 Å². The highest BCUT2D eigenvalue weighted by Gasteiger charge is 2.08. The van der Waals surface area contributed by atoms with Gasteiger partial charge in [0, 0.05) is 25.9 Å². The highest BCUT2D eigenvalue weighted by Crippen LogP contribution is 2.02. The van der Waals surface area contributed by atoms with Crippen molar-refractivity contribution < 1.29 is 4.79 Å². The molecule has 0 spiro atoms. The molecule has 1 rings (SSSR count). The first-order chi connectivity index (χ1) is 6.09. The minimum absolute atomic E-state index is 0.179. The lowest BCUT2D eigenvalue weighted by atomic mass is 10.2. The van der Waals surface area contributed by atoms with Crippen LogP contribution in [0.3, 0.4) is 0 Å². The van der Waals surface area contributed by atoms with Crippen LogP contribution in [0, 0.1) is 5.92 Å². The Hall–Kier alpha value is -1.52. The molecule has 1 unspecified atom stereocenters. The van der Waals surface area contributed by atoms with E-state index in [1.807, 2.05) is 19.3 Å². The fourth-order valence-corrected chi connectivity index (χ4v) is 0.868. The quantitative estimate of drug-likeness (QED) is 0.686. The molecule has 0 saturated heterocycles. The van der Waals surface area contributed by atoms with E-state index >= 15 is 0 Å². The van der Waals surface area contributed by atoms with Gasteiger partial charge in [-0.3, -0.25) is 9.48 Å². The first-order valence-corrected chi connectivity index (χ1v) is 4.12. The first kappa shape index (κ1) is 9.57. The Morgan fingerprint density at radius 2 is 2.54 bits per heavy atom. The maximum absolute atomic E-state index is 10.7. The van der Waals surface area contributed by atoms with Crippen molar-refractivity contribution >= 4 is 11.7 Å². The summed E-state index contributed by atoms with van der Waals surface area (Å²) in [5.41, 5.74) is 5.10. The van der Waals surface area contributed by atoms with Crippen LogP contribution in [0.2, 0.25) is 0 Å². The standard InChI is InChI=1S/C8H14N4O/c1-6(8(9)13)5-10-7-3-4-12(2)11-7/h3-4,6H,5H2,1-2H3,(H2,9,13)(H,10,11). The topological polar surface area (TPSA) is 72.9 Å². The van der Waals surface area contributed by atoms with Crippen LogP contribution in [0.15, 0.2) is 12.3 Å². The van der Waals surface area contributed by atoms with Crippen LogP contribution in [0.5, 0.6) is 0 Å². The van der Waals surface area contributed by atoms with E-state index in [9.17, 15) is 4.79 Å². The van der Waals surface area contributed by atoms with Gasteiger partial charge in [-0.2, -0.15) is 5.10 Å². The molecule has 0 saturated carbocycles. The Labute approximate surface area is 76.9 Å². The minimum Gasteiger partial charge on any atom is -0.369 e. The maximum Gasteiger partial charge on any atom is 0.222 e. The Balaban J connectivity index is 2.39. The summed E-state index contributed by atoms with van der Waals surface area (Å²) in [5, 5.41) is 7.11. The number of aryl methyl sites for hydroxylation is 1. The first-order valence-electron chi connectivity index (χ1n) is 4.12. The van der Waals surface area contributed by atoms with Crippen molar-refractivity contribution in [3.05, 3.63) is 12.3 Å². The van der Waals surface area contributed by atoms with Gasteiger partial charge < -0.3 is 11.1 Å². The van der Waals surface area contributed by atoms with Gasteiger partial charge in [0.05, 0.1) is 5.92 Å². The van der Waals surface area contributed by atoms with Crippen molar-refractivity contribution in [3.63, 3.8) is 0 Å². The molecule has 5 heteroatoms. The molecular weight excluding hydrogens is 168 g/mol. The smallest absolute Gasteiger partial charge is 0.222 e. The van der Waals surface area contributed by atoms with E-state index < -0.39 is 0 Å². The maximum atomic E-state index is 10.7. The van der Waals surface area contributed by atoms with E-state index in [2.05, 4.69) is 10.4 Å². The molecule has 1 atom stereocenters. The second-order valence-electron chi connectivity index (χ2n) is 3.06. The van der Waals surface area contributed by atoms with E-state index in [0.717, 1.165) is 5.82 Å². The van der Waals surface area contributed by atoms with Crippen molar-refractivity contribution in [2.45, 2.75) is 6.92 Å². The minimum atomic E-state index is -0.302. The molecule has 1 amide bonds. The van der Waals surface area contributed by atoms with Crippen molar-refractivity contribution in [2.24, 2.45) is 18.7 Å². The normalized spacial score (nSPS) is 12.5. The van der Waals surface area contributed by atoms with Crippen molar-refractivity contribution in [3.8, 4) is 0 Å². The number of anilines is 1. The van der Waals surface area contributed by atoms with Gasteiger partial charge in [0.25, 0.3) is 0 Å². The van der Waals surface area contributed by atoms with Crippen LogP contribution >= 0.6 is 0 Å². The van der Waals surface area contributed by atoms with Crippen LogP contribution in [0.25, 0.3) is 0 Å². The van der Waals surface area contributed by atoms with E-state index in [1.54, 1.807) is 11.6 Å². The second kappa shape index (κ2) is 3.93. The van der Waals surface area contributed by atoms with Crippen molar-refractivity contribution in [2.75, 3.05) is 11.9 Å². The van der Waals surface area contributed by atoms with Gasteiger partial charge in [0.2, 0.25) is 5.91 Å². The fourth-order valence-electron chi connectivity index (χ4n) is 0.868. The van der Waals surface area contributed by atoms with Gasteiger partial charge in [-0.15, -0.1) is 0 Å². The third-order valence-electron chi connectivity index (χ3n) is 1.79. The lowest BCUT2D eigenvalue weighted by molar-refractivity contribution is -0.120. The average molecular weight is 182 g/mol. The number of nitrogens with two attached hydrogens (primary N) is 1. The van der Waals surface area contributed by atoms with E-state index in [1.165, 1.54) is 0 Å². The molecular formula is C8H14N4O. The van der Waals surface area contributed by atoms with Gasteiger partial charge >= 0.3 is 0 Å². The summed E-state index contributed by atoms with van der Waals surface area (Å²) in [6.07, 6.45) is 1.83. The molecule has 72 valence electrons. The highest BCUT2D eigenvalue weighted by molar-refractivity contribution is 5.76. The molecule has 1 heterocycles. The van der Waals surface area contributed by atoms with Crippen LogP contribution in [-0.2, 0) is 11.8 Å². The summed E-state index contributed by atoms with van der Waals surface area (Å²) in [6, 6.07) is 1.84. The van der Waals surface area contributed by atoms with Crippen molar-refractivity contribution in [1.82, 2.24) is 9.78 Å². The molecule has 13 heavy (non-hydrogen) atoms. The van der Waals surface area contributed by atoms with Gasteiger partial charge in [-0.05, 0) is 0 Å². The summed E-state index contributed by atoms with van der Waals surface area (Å²) in [6.45, 7) is 2.30. The highest BCUT2D eigenvalue weighted by atomic mass is 16.1. The zero-order valence-corrected chi connectivity index (χ0v) is 7.82. The molecule has 5 nitrogen and oxygen atoms in total. The number of carbonyl (C=O) groups excluding carboxylic acids is 1. The molecule has 3 N–H and O–H groups in total. The van der Waals surface area contributed by atoms with E-state index in [0.29, 0.717) is 6.54 Å². The predicted molar refractivity (Wildman–Crippen MR) is 50.1 cm³/mol. The number of amides is 1. The lowest BCUT2D eigenvalue weighted by Crippen LogP contribution is -2.26. The van der Waals surface area contributed by atoms with Crippen LogP contribution in [0.1, 0.15) is 6.92 Å². The molecule has 0 fully saturated rings. The molecule has 0 aromatic carbocycles. The summed E-state index contributed by atoms with van der Waals surface area (Å²) >= 11 is 0. The number of hydrogen-bond donors (Lipinski definition) is 2. The molecule has 1 aromatic rings. The molecule has 0 radical (unpaired) electrons. The number of nitrogens with zero attached hydrogens (tertiary/aromatic N) is 2. The summed E-state index contributed by atoms with van der Waals surface area (Å²) < 4.78 is 1.69. The molecule has 0 aliphatic carbocycles. The molecule has 0 aliphatic rings. The average Bonchev–Trinajstić information content (AvgIpc) is 2.47. The third kappa shape index (κ3) is 2.77. The van der Waals surface area contributed by atoms with Gasteiger partial charge in [-0.1, -0.05) is 6.92 Å². The van der Waals surface area contributed by atoms with Crippen molar-refractivity contribution in [1.29, 1.82) is 0 Å². The summed E-state index contributed by atoms with van der Waals surface area (Å²) in [7, 11) is 1.84. The number of aromatic nitrogens is 2. The van der Waals surface area contributed by atoms with Crippen LogP contribution in [0.4, 0.5) is 5.82 Å². The second-order valence-corrected chi connectivity index (χ2v) is 3.06.